The molecule has 0 heterocycles. The van der Waals surface area contributed by atoms with E-state index in [1.54, 1.807) is 12.1 Å². The molecule has 0 saturated heterocycles. The van der Waals surface area contributed by atoms with Crippen LogP contribution in [0.1, 0.15) is 115 Å². The second-order valence-electron chi connectivity index (χ2n) is 13.4. The van der Waals surface area contributed by atoms with E-state index in [0.29, 0.717) is 11.5 Å². The molecule has 0 aliphatic heterocycles. The number of aryl methyl sites for hydroxylation is 2. The molecule has 0 aliphatic rings. The molecule has 0 fully saturated rings. The average Bonchev–Trinajstić information content (AvgIpc) is 3.13. The molecule has 0 unspecified atom stereocenters. The van der Waals surface area contributed by atoms with Crippen LogP contribution in [0.15, 0.2) is 94.7 Å². The van der Waals surface area contributed by atoms with Gasteiger partial charge in [0.2, 0.25) is 0 Å². The van der Waals surface area contributed by atoms with E-state index in [4.69, 9.17) is 14.0 Å². The Hall–Kier alpha value is -2.84. The van der Waals surface area contributed by atoms with Crippen molar-refractivity contribution in [2.24, 2.45) is 0 Å². The molecule has 55 heavy (non-hydrogen) atoms. The fraction of sp³-hybridized carbons (Fsp3) is 0.429. The van der Waals surface area contributed by atoms with E-state index in [2.05, 4.69) is 13.8 Å². The molecule has 0 aliphatic carbocycles. The van der Waals surface area contributed by atoms with Gasteiger partial charge in [0, 0.05) is 6.07 Å². The average molecular weight is 823 g/mol. The van der Waals surface area contributed by atoms with Crippen molar-refractivity contribution in [2.75, 3.05) is 0 Å². The smallest absolute Gasteiger partial charge is 0.870 e. The maximum absolute atomic E-state index is 11.9. The Kier molecular flexibility index (Phi) is 22.3. The summed E-state index contributed by atoms with van der Waals surface area (Å²) in [5, 5.41) is 21.8. The van der Waals surface area contributed by atoms with Crippen molar-refractivity contribution in [2.45, 2.75) is 126 Å². The first kappa shape index (κ1) is 48.3. The van der Waals surface area contributed by atoms with Crippen LogP contribution in [0.25, 0.3) is 0 Å². The maximum Gasteiger partial charge on any atom is 2.00 e. The van der Waals surface area contributed by atoms with E-state index in [9.17, 15) is 31.6 Å². The zero-order valence-corrected chi connectivity index (χ0v) is 35.9. The SMILES string of the molecule is CCCCCCCCCc1ccc(Oc2ccc(S(=O)(=O)O)cc2O)cc1.CCCCCCCCCc1ccc(Oc2ccc(S(=O)(=O)[O-])cc2[O-])cc1.[Ca+2]. The fourth-order valence-electron chi connectivity index (χ4n) is 5.75. The van der Waals surface area contributed by atoms with Gasteiger partial charge in [0.1, 0.15) is 27.4 Å². The number of phenols is 1. The summed E-state index contributed by atoms with van der Waals surface area (Å²) in [7, 11) is -9.00. The number of hydrogen-bond acceptors (Lipinski definition) is 9. The minimum atomic E-state index is -4.64. The van der Waals surface area contributed by atoms with Crippen LogP contribution in [-0.2, 0) is 33.1 Å². The first-order chi connectivity index (χ1) is 25.8. The molecule has 0 radical (unpaired) electrons. The van der Waals surface area contributed by atoms with Crippen molar-refractivity contribution in [1.82, 2.24) is 0 Å². The van der Waals surface area contributed by atoms with Crippen LogP contribution in [0.3, 0.4) is 0 Å². The van der Waals surface area contributed by atoms with E-state index in [-0.39, 0.29) is 59.9 Å². The van der Waals surface area contributed by atoms with Crippen LogP contribution in [-0.4, -0.2) is 68.8 Å². The summed E-state index contributed by atoms with van der Waals surface area (Å²) >= 11 is 0. The Morgan fingerprint density at radius 2 is 0.945 bits per heavy atom. The molecule has 0 spiro atoms. The molecule has 0 saturated carbocycles. The van der Waals surface area contributed by atoms with Crippen LogP contribution in [0.2, 0.25) is 0 Å². The number of ether oxygens (including phenoxy) is 2. The third kappa shape index (κ3) is 18.8. The van der Waals surface area contributed by atoms with Crippen molar-refractivity contribution in [3.05, 3.63) is 96.1 Å². The summed E-state index contributed by atoms with van der Waals surface area (Å²) in [4.78, 5) is -0.928. The summed E-state index contributed by atoms with van der Waals surface area (Å²) in [5.41, 5.74) is 2.45. The zero-order chi connectivity index (χ0) is 39.4. The summed E-state index contributed by atoms with van der Waals surface area (Å²) in [6.45, 7) is 4.45. The molecular weight excluding hydrogens is 769 g/mol. The quantitative estimate of drug-likeness (QED) is 0.0441. The largest absolute Gasteiger partial charge is 2.00 e. The molecule has 4 aromatic carbocycles. The van der Waals surface area contributed by atoms with Crippen molar-refractivity contribution in [3.63, 3.8) is 0 Å². The van der Waals surface area contributed by atoms with E-state index in [1.165, 1.54) is 113 Å². The number of unbranched alkanes of at least 4 members (excludes halogenated alkanes) is 12. The van der Waals surface area contributed by atoms with Gasteiger partial charge in [-0.25, -0.2) is 8.42 Å². The second-order valence-corrected chi connectivity index (χ2v) is 16.2. The molecule has 10 nitrogen and oxygen atoms in total. The molecule has 4 rings (SSSR count). The number of aromatic hydroxyl groups is 1. The van der Waals surface area contributed by atoms with Gasteiger partial charge in [0.25, 0.3) is 10.1 Å². The Morgan fingerprint density at radius 3 is 1.35 bits per heavy atom. The van der Waals surface area contributed by atoms with Gasteiger partial charge < -0.3 is 24.2 Å². The molecule has 0 amide bonds. The monoisotopic (exact) mass is 822 g/mol. The molecular formula is C42H54CaO10S2. The van der Waals surface area contributed by atoms with Crippen molar-refractivity contribution >= 4 is 58.0 Å². The van der Waals surface area contributed by atoms with E-state index in [0.717, 1.165) is 37.5 Å². The Labute approximate surface area is 357 Å². The third-order valence-corrected chi connectivity index (χ3v) is 10.6. The van der Waals surface area contributed by atoms with Crippen LogP contribution in [0.4, 0.5) is 0 Å². The topological polar surface area (TPSA) is 173 Å². The number of hydrogen-bond donors (Lipinski definition) is 2. The minimum absolute atomic E-state index is 0. The summed E-state index contributed by atoms with van der Waals surface area (Å²) in [5.74, 6) is 0.169. The maximum atomic E-state index is 11.9. The van der Waals surface area contributed by atoms with Gasteiger partial charge in [0.15, 0.2) is 11.5 Å². The fourth-order valence-corrected chi connectivity index (χ4v) is 6.73. The molecule has 296 valence electrons. The first-order valence-corrected chi connectivity index (χ1v) is 21.8. The Bertz CT molecular complexity index is 1770. The van der Waals surface area contributed by atoms with Crippen LogP contribution < -0.4 is 14.6 Å². The van der Waals surface area contributed by atoms with Crippen molar-refractivity contribution < 1.29 is 45.6 Å². The predicted octanol–water partition coefficient (Wildman–Crippen LogP) is 10.1. The van der Waals surface area contributed by atoms with Crippen LogP contribution in [0.5, 0.6) is 34.5 Å². The van der Waals surface area contributed by atoms with Crippen molar-refractivity contribution in [3.8, 4) is 34.5 Å². The normalized spacial score (nSPS) is 11.3. The van der Waals surface area contributed by atoms with Gasteiger partial charge in [-0.15, -0.1) is 0 Å². The Balaban J connectivity index is 0.000000373. The standard InChI is InChI=1S/2C21H28O5S.Ca/c2*1-2-3-4-5-6-7-8-9-17-10-12-18(13-11-17)26-21-15-14-19(16-20(21)22)27(23,24)25;/h2*10-16,22H,2-9H2,1H3,(H,23,24,25);/q;;+2/p-2. The molecule has 0 atom stereocenters. The van der Waals surface area contributed by atoms with Gasteiger partial charge in [-0.05, 0) is 91.4 Å². The van der Waals surface area contributed by atoms with Gasteiger partial charge >= 0.3 is 37.7 Å². The number of benzene rings is 4. The predicted molar refractivity (Wildman–Crippen MR) is 214 cm³/mol. The van der Waals surface area contributed by atoms with E-state index < -0.39 is 30.9 Å². The van der Waals surface area contributed by atoms with Gasteiger partial charge in [-0.3, -0.25) is 4.55 Å². The summed E-state index contributed by atoms with van der Waals surface area (Å²) < 4.78 is 75.0. The van der Waals surface area contributed by atoms with Gasteiger partial charge in [-0.2, -0.15) is 8.42 Å². The number of phenolic OH excluding ortho intramolecular Hbond substituents is 1. The molecule has 4 aromatic rings. The molecule has 0 aromatic heterocycles. The molecule has 13 heteroatoms. The Morgan fingerprint density at radius 1 is 0.545 bits per heavy atom. The molecule has 2 N–H and O–H groups in total. The molecule has 0 bridgehead atoms. The summed E-state index contributed by atoms with van der Waals surface area (Å²) in [6.07, 6.45) is 19.9. The van der Waals surface area contributed by atoms with Gasteiger partial charge in [-0.1, -0.05) is 121 Å². The second kappa shape index (κ2) is 25.4. The van der Waals surface area contributed by atoms with E-state index >= 15 is 0 Å². The van der Waals surface area contributed by atoms with E-state index in [1.807, 2.05) is 36.4 Å². The summed E-state index contributed by atoms with van der Waals surface area (Å²) in [6, 6.07) is 21.7. The van der Waals surface area contributed by atoms with Crippen LogP contribution >= 0.6 is 0 Å². The number of rotatable bonds is 22. The van der Waals surface area contributed by atoms with Gasteiger partial charge in [0.05, 0.1) is 9.79 Å². The first-order valence-electron chi connectivity index (χ1n) is 18.9. The zero-order valence-electron chi connectivity index (χ0n) is 32.1. The van der Waals surface area contributed by atoms with Crippen LogP contribution in [0, 0.1) is 0 Å². The third-order valence-electron chi connectivity index (χ3n) is 8.87. The van der Waals surface area contributed by atoms with Crippen molar-refractivity contribution in [1.29, 1.82) is 0 Å². The minimum Gasteiger partial charge on any atom is -0.870 e.